The van der Waals surface area contributed by atoms with Gasteiger partial charge in [0.1, 0.15) is 13.2 Å². The molecule has 24 heavy (non-hydrogen) atoms. The van der Waals surface area contributed by atoms with Crippen LogP contribution in [0.5, 0.6) is 0 Å². The van der Waals surface area contributed by atoms with Gasteiger partial charge < -0.3 is 28.4 Å². The van der Waals surface area contributed by atoms with Crippen LogP contribution < -0.4 is 0 Å². The first-order valence-electron chi connectivity index (χ1n) is 7.80. The fourth-order valence-corrected chi connectivity index (χ4v) is 2.01. The maximum atomic E-state index is 10.9. The number of cyclic esters (lactones) is 4. The Morgan fingerprint density at radius 2 is 1.25 bits per heavy atom. The molecule has 0 radical (unpaired) electrons. The Balaban J connectivity index is 1.75. The van der Waals surface area contributed by atoms with E-state index in [4.69, 9.17) is 28.4 Å². The Morgan fingerprint density at radius 3 is 1.54 bits per heavy atom. The highest BCUT2D eigenvalue weighted by molar-refractivity contribution is 5.62. The molecule has 0 spiro atoms. The Labute approximate surface area is 141 Å². The molecule has 2 rings (SSSR count). The molecule has 2 aliphatic heterocycles. The maximum Gasteiger partial charge on any atom is 0.508 e. The topological polar surface area (TPSA) is 89.5 Å². The lowest BCUT2D eigenvalue weighted by Gasteiger charge is -2.27. The number of carbonyl (C=O) groups is 2. The third-order valence-corrected chi connectivity index (χ3v) is 3.47. The molecule has 0 bridgehead atoms. The van der Waals surface area contributed by atoms with Crippen molar-refractivity contribution < 1.29 is 38.0 Å². The lowest BCUT2D eigenvalue weighted by molar-refractivity contribution is -0.0341. The predicted octanol–water partition coefficient (Wildman–Crippen LogP) is 2.20. The average molecular weight is 344 g/mol. The van der Waals surface area contributed by atoms with E-state index in [1.807, 2.05) is 39.8 Å². The number of carbonyl (C=O) groups excluding carboxylic acids is 2. The summed E-state index contributed by atoms with van der Waals surface area (Å²) >= 11 is 0. The minimum absolute atomic E-state index is 0.204. The van der Waals surface area contributed by atoms with Crippen LogP contribution in [0.2, 0.25) is 0 Å². The second-order valence-electron chi connectivity index (χ2n) is 6.76. The third-order valence-electron chi connectivity index (χ3n) is 3.47. The van der Waals surface area contributed by atoms with Crippen LogP contribution in [0.1, 0.15) is 27.7 Å². The summed E-state index contributed by atoms with van der Waals surface area (Å²) in [6, 6.07) is 0. The van der Waals surface area contributed by atoms with Gasteiger partial charge in [-0.15, -0.1) is 0 Å². The molecule has 0 amide bonds. The smallest absolute Gasteiger partial charge is 0.430 e. The summed E-state index contributed by atoms with van der Waals surface area (Å²) in [5.74, 6) is 0. The quantitative estimate of drug-likeness (QED) is 0.489. The van der Waals surface area contributed by atoms with Gasteiger partial charge in [-0.05, 0) is 27.7 Å². The van der Waals surface area contributed by atoms with Crippen molar-refractivity contribution in [1.29, 1.82) is 0 Å². The SMILES string of the molecule is CC(C)(/C=C/C(C)(C)OCC1COC(=O)O1)OCC1COC(=O)O1. The Kier molecular flexibility index (Phi) is 5.71. The zero-order chi connectivity index (χ0) is 17.8. The summed E-state index contributed by atoms with van der Waals surface area (Å²) in [6.45, 7) is 8.48. The van der Waals surface area contributed by atoms with Crippen LogP contribution in [0.4, 0.5) is 9.59 Å². The van der Waals surface area contributed by atoms with Gasteiger partial charge in [-0.2, -0.15) is 0 Å². The van der Waals surface area contributed by atoms with E-state index in [1.165, 1.54) is 0 Å². The van der Waals surface area contributed by atoms with Crippen molar-refractivity contribution >= 4 is 12.3 Å². The lowest BCUT2D eigenvalue weighted by atomic mass is 10.0. The number of rotatable bonds is 8. The molecular formula is C16H24O8. The fourth-order valence-electron chi connectivity index (χ4n) is 2.01. The molecule has 2 heterocycles. The highest BCUT2D eigenvalue weighted by Gasteiger charge is 2.29. The van der Waals surface area contributed by atoms with E-state index in [0.717, 1.165) is 0 Å². The van der Waals surface area contributed by atoms with Crippen molar-refractivity contribution in [2.75, 3.05) is 26.4 Å². The molecule has 2 atom stereocenters. The van der Waals surface area contributed by atoms with E-state index >= 15 is 0 Å². The highest BCUT2D eigenvalue weighted by atomic mass is 16.8. The summed E-state index contributed by atoms with van der Waals surface area (Å²) in [6.07, 6.45) is 1.66. The van der Waals surface area contributed by atoms with E-state index in [9.17, 15) is 9.59 Å². The molecule has 8 heteroatoms. The molecule has 0 saturated carbocycles. The van der Waals surface area contributed by atoms with Crippen molar-refractivity contribution in [1.82, 2.24) is 0 Å². The van der Waals surface area contributed by atoms with E-state index in [-0.39, 0.29) is 38.6 Å². The predicted molar refractivity (Wildman–Crippen MR) is 81.6 cm³/mol. The van der Waals surface area contributed by atoms with Gasteiger partial charge in [0.05, 0.1) is 24.4 Å². The third kappa shape index (κ3) is 6.01. The van der Waals surface area contributed by atoms with Crippen molar-refractivity contribution in [3.63, 3.8) is 0 Å². The average Bonchev–Trinajstić information content (AvgIpc) is 3.10. The molecule has 136 valence electrons. The number of ether oxygens (including phenoxy) is 6. The summed E-state index contributed by atoms with van der Waals surface area (Å²) in [5.41, 5.74) is -1.14. The molecule has 2 unspecified atom stereocenters. The molecule has 0 N–H and O–H groups in total. The number of hydrogen-bond donors (Lipinski definition) is 0. The van der Waals surface area contributed by atoms with Crippen LogP contribution in [0.25, 0.3) is 0 Å². The normalized spacial score (nSPS) is 24.7. The first kappa shape index (κ1) is 18.5. The van der Waals surface area contributed by atoms with Gasteiger partial charge in [0, 0.05) is 0 Å². The Morgan fingerprint density at radius 1 is 0.875 bits per heavy atom. The van der Waals surface area contributed by atoms with Gasteiger partial charge in [-0.25, -0.2) is 9.59 Å². The Hall–Kier alpha value is -1.80. The minimum Gasteiger partial charge on any atom is -0.430 e. The highest BCUT2D eigenvalue weighted by Crippen LogP contribution is 2.20. The molecule has 8 nitrogen and oxygen atoms in total. The van der Waals surface area contributed by atoms with E-state index in [1.54, 1.807) is 0 Å². The van der Waals surface area contributed by atoms with Gasteiger partial charge in [0.15, 0.2) is 12.2 Å². The van der Waals surface area contributed by atoms with Gasteiger partial charge >= 0.3 is 12.3 Å². The fraction of sp³-hybridized carbons (Fsp3) is 0.750. The first-order chi connectivity index (χ1) is 11.2. The van der Waals surface area contributed by atoms with Gasteiger partial charge in [-0.3, -0.25) is 0 Å². The second kappa shape index (κ2) is 7.40. The number of hydrogen-bond acceptors (Lipinski definition) is 8. The van der Waals surface area contributed by atoms with Crippen LogP contribution in [-0.2, 0) is 28.4 Å². The van der Waals surface area contributed by atoms with Crippen molar-refractivity contribution in [2.45, 2.75) is 51.1 Å². The standard InChI is InChI=1S/C16H24O8/c1-15(2,21-9-11-7-19-13(17)23-11)5-6-16(3,4)22-10-12-8-20-14(18)24-12/h5-6,11-12H,7-10H2,1-4H3/b6-5+. The van der Waals surface area contributed by atoms with Crippen LogP contribution >= 0.6 is 0 Å². The zero-order valence-corrected chi connectivity index (χ0v) is 14.4. The summed E-state index contributed by atoms with van der Waals surface area (Å²) in [5, 5.41) is 0. The van der Waals surface area contributed by atoms with E-state index in [0.29, 0.717) is 0 Å². The largest absolute Gasteiger partial charge is 0.508 e. The summed E-state index contributed by atoms with van der Waals surface area (Å²) in [4.78, 5) is 21.7. The monoisotopic (exact) mass is 344 g/mol. The van der Waals surface area contributed by atoms with Crippen LogP contribution in [0.3, 0.4) is 0 Å². The lowest BCUT2D eigenvalue weighted by Crippen LogP contribution is -2.31. The summed E-state index contributed by atoms with van der Waals surface area (Å²) in [7, 11) is 0. The molecule has 0 aromatic rings. The van der Waals surface area contributed by atoms with E-state index < -0.39 is 23.5 Å². The van der Waals surface area contributed by atoms with Crippen LogP contribution in [0, 0.1) is 0 Å². The second-order valence-corrected chi connectivity index (χ2v) is 6.76. The van der Waals surface area contributed by atoms with Crippen LogP contribution in [0.15, 0.2) is 12.2 Å². The van der Waals surface area contributed by atoms with Crippen molar-refractivity contribution in [2.24, 2.45) is 0 Å². The van der Waals surface area contributed by atoms with Crippen molar-refractivity contribution in [3.8, 4) is 0 Å². The summed E-state index contributed by atoms with van der Waals surface area (Å²) < 4.78 is 30.8. The zero-order valence-electron chi connectivity index (χ0n) is 14.4. The van der Waals surface area contributed by atoms with E-state index in [2.05, 4.69) is 0 Å². The molecular weight excluding hydrogens is 320 g/mol. The Bertz CT molecular complexity index is 452. The molecule has 0 aliphatic carbocycles. The van der Waals surface area contributed by atoms with Gasteiger partial charge in [-0.1, -0.05) is 12.2 Å². The molecule has 0 aromatic carbocycles. The van der Waals surface area contributed by atoms with Crippen LogP contribution in [-0.4, -0.2) is 62.1 Å². The minimum atomic E-state index is -0.664. The van der Waals surface area contributed by atoms with Crippen molar-refractivity contribution in [3.05, 3.63) is 12.2 Å². The molecule has 2 saturated heterocycles. The maximum absolute atomic E-state index is 10.9. The molecule has 2 aliphatic rings. The molecule has 2 fully saturated rings. The van der Waals surface area contributed by atoms with Gasteiger partial charge in [0.2, 0.25) is 0 Å². The van der Waals surface area contributed by atoms with Gasteiger partial charge in [0.25, 0.3) is 0 Å². The first-order valence-corrected chi connectivity index (χ1v) is 7.80. The molecule has 0 aromatic heterocycles.